The quantitative estimate of drug-likeness (QED) is 0.141. The second kappa shape index (κ2) is 11.0. The normalized spacial score (nSPS) is 11.5. The number of ether oxygens (including phenoxy) is 1. The van der Waals surface area contributed by atoms with Gasteiger partial charge in [-0.2, -0.15) is 0 Å². The largest absolute Gasteiger partial charge is 0.491 e. The fourth-order valence-electron chi connectivity index (χ4n) is 2.38. The number of amides is 1. The summed E-state index contributed by atoms with van der Waals surface area (Å²) in [6.07, 6.45) is 3.03. The highest BCUT2D eigenvalue weighted by molar-refractivity contribution is 9.11. The first-order chi connectivity index (χ1) is 13.4. The third-order valence-electron chi connectivity index (χ3n) is 3.74. The topological polar surface area (TPSA) is 152 Å². The Morgan fingerprint density at radius 2 is 2.07 bits per heavy atom. The molecular weight excluding hydrogens is 496 g/mol. The van der Waals surface area contributed by atoms with Crippen LogP contribution in [-0.4, -0.2) is 46.5 Å². The Morgan fingerprint density at radius 3 is 2.64 bits per heavy atom. The van der Waals surface area contributed by atoms with Gasteiger partial charge in [0.25, 0.3) is 5.91 Å². The fraction of sp³-hybridized carbons (Fsp3) is 0.353. The zero-order chi connectivity index (χ0) is 20.5. The number of rotatable bonds is 10. The minimum atomic E-state index is -0.453. The summed E-state index contributed by atoms with van der Waals surface area (Å²) in [6, 6.07) is 3.63. The lowest BCUT2D eigenvalue weighted by molar-refractivity contribution is -0.115. The number of H-pyrrole nitrogens is 1. The Hall–Kier alpha value is -2.11. The number of nitrogens with zero attached hydrogens (tertiary/aromatic N) is 2. The standard InChI is InChI=1S/C17H22Br2N6O3/c18-12-6-10(7-13(19)15(12)28-5-1-3-20)8-14(25-27)16(26)22-4-2-11-9-23-17(21)24-11/h6-7,9,27H,1-5,8,20H2,(H,22,26)(H3,21,23,24)/b25-14-. The second-order valence-electron chi connectivity index (χ2n) is 5.90. The van der Waals surface area contributed by atoms with E-state index in [2.05, 4.69) is 52.3 Å². The molecule has 9 nitrogen and oxygen atoms in total. The molecular formula is C17H22Br2N6O3. The van der Waals surface area contributed by atoms with Crippen molar-refractivity contribution in [2.45, 2.75) is 19.3 Å². The van der Waals surface area contributed by atoms with Gasteiger partial charge in [0.05, 0.1) is 21.7 Å². The van der Waals surface area contributed by atoms with Gasteiger partial charge in [0.1, 0.15) is 11.5 Å². The number of aromatic amines is 1. The average Bonchev–Trinajstić information content (AvgIpc) is 3.07. The van der Waals surface area contributed by atoms with Gasteiger partial charge in [-0.05, 0) is 62.5 Å². The summed E-state index contributed by atoms with van der Waals surface area (Å²) >= 11 is 6.92. The summed E-state index contributed by atoms with van der Waals surface area (Å²) < 4.78 is 7.14. The van der Waals surface area contributed by atoms with E-state index in [0.29, 0.717) is 37.8 Å². The molecule has 1 amide bonds. The van der Waals surface area contributed by atoms with Crippen molar-refractivity contribution in [2.75, 3.05) is 25.4 Å². The number of carbonyl (C=O) groups excluding carboxylic acids is 1. The molecule has 0 aliphatic rings. The van der Waals surface area contributed by atoms with Crippen LogP contribution in [0.1, 0.15) is 17.7 Å². The van der Waals surface area contributed by atoms with Gasteiger partial charge in [-0.3, -0.25) is 4.79 Å². The number of hydrogen-bond donors (Lipinski definition) is 5. The number of nitrogens with one attached hydrogen (secondary N) is 2. The van der Waals surface area contributed by atoms with Gasteiger partial charge in [0.15, 0.2) is 5.95 Å². The average molecular weight is 518 g/mol. The second-order valence-corrected chi connectivity index (χ2v) is 7.61. The molecule has 0 bridgehead atoms. The van der Waals surface area contributed by atoms with Crippen LogP contribution in [0.25, 0.3) is 0 Å². The zero-order valence-electron chi connectivity index (χ0n) is 15.0. The molecule has 0 fully saturated rings. The molecule has 0 unspecified atom stereocenters. The van der Waals surface area contributed by atoms with Gasteiger partial charge in [-0.25, -0.2) is 4.98 Å². The maximum atomic E-state index is 12.3. The van der Waals surface area contributed by atoms with Gasteiger partial charge in [-0.15, -0.1) is 0 Å². The van der Waals surface area contributed by atoms with Crippen LogP contribution in [0.4, 0.5) is 5.95 Å². The lowest BCUT2D eigenvalue weighted by Crippen LogP contribution is -2.33. The summed E-state index contributed by atoms with van der Waals surface area (Å²) in [5, 5.41) is 15.1. The number of aromatic nitrogens is 2. The van der Waals surface area contributed by atoms with Crippen LogP contribution < -0.4 is 21.5 Å². The Balaban J connectivity index is 1.94. The van der Waals surface area contributed by atoms with Crippen molar-refractivity contribution in [3.63, 3.8) is 0 Å². The van der Waals surface area contributed by atoms with Crippen molar-refractivity contribution in [1.82, 2.24) is 15.3 Å². The van der Waals surface area contributed by atoms with Crippen molar-refractivity contribution in [1.29, 1.82) is 0 Å². The lowest BCUT2D eigenvalue weighted by atomic mass is 10.1. The highest BCUT2D eigenvalue weighted by Gasteiger charge is 2.16. The molecule has 0 spiro atoms. The molecule has 0 saturated heterocycles. The number of hydrogen-bond acceptors (Lipinski definition) is 7. The van der Waals surface area contributed by atoms with Gasteiger partial charge in [0, 0.05) is 25.1 Å². The molecule has 1 heterocycles. The smallest absolute Gasteiger partial charge is 0.269 e. The van der Waals surface area contributed by atoms with Crippen molar-refractivity contribution in [2.24, 2.45) is 10.9 Å². The summed E-state index contributed by atoms with van der Waals surface area (Å²) in [7, 11) is 0. The van der Waals surface area contributed by atoms with Crippen LogP contribution in [0.3, 0.4) is 0 Å². The van der Waals surface area contributed by atoms with Gasteiger partial charge >= 0.3 is 0 Å². The number of halogens is 2. The number of benzene rings is 1. The number of nitrogen functional groups attached to an aromatic ring is 1. The predicted molar refractivity (Wildman–Crippen MR) is 114 cm³/mol. The molecule has 7 N–H and O–H groups in total. The van der Waals surface area contributed by atoms with E-state index in [-0.39, 0.29) is 12.1 Å². The third kappa shape index (κ3) is 6.50. The van der Waals surface area contributed by atoms with Crippen molar-refractivity contribution in [3.05, 3.63) is 38.5 Å². The molecule has 1 aromatic carbocycles. The van der Waals surface area contributed by atoms with E-state index in [1.54, 1.807) is 6.20 Å². The van der Waals surface area contributed by atoms with Gasteiger partial charge in [-0.1, -0.05) is 5.16 Å². The van der Waals surface area contributed by atoms with Crippen LogP contribution in [0.15, 0.2) is 32.4 Å². The van der Waals surface area contributed by atoms with Crippen LogP contribution in [0.2, 0.25) is 0 Å². The first-order valence-electron chi connectivity index (χ1n) is 8.53. The van der Waals surface area contributed by atoms with Crippen molar-refractivity contribution < 1.29 is 14.7 Å². The molecule has 28 heavy (non-hydrogen) atoms. The zero-order valence-corrected chi connectivity index (χ0v) is 18.2. The van der Waals surface area contributed by atoms with Gasteiger partial charge in [0.2, 0.25) is 0 Å². The molecule has 0 aliphatic heterocycles. The van der Waals surface area contributed by atoms with E-state index in [1.165, 1.54) is 0 Å². The minimum absolute atomic E-state index is 0.000255. The number of carbonyl (C=O) groups is 1. The lowest BCUT2D eigenvalue weighted by Gasteiger charge is -2.12. The van der Waals surface area contributed by atoms with Crippen molar-refractivity contribution in [3.8, 4) is 5.75 Å². The maximum Gasteiger partial charge on any atom is 0.269 e. The Labute approximate surface area is 179 Å². The third-order valence-corrected chi connectivity index (χ3v) is 4.91. The monoisotopic (exact) mass is 516 g/mol. The number of oxime groups is 1. The molecule has 0 saturated carbocycles. The summed E-state index contributed by atoms with van der Waals surface area (Å²) in [5.74, 6) is 0.527. The molecule has 2 rings (SSSR count). The van der Waals surface area contributed by atoms with E-state index < -0.39 is 5.91 Å². The van der Waals surface area contributed by atoms with E-state index in [4.69, 9.17) is 16.2 Å². The summed E-state index contributed by atoms with van der Waals surface area (Å²) in [6.45, 7) is 1.40. The highest BCUT2D eigenvalue weighted by Crippen LogP contribution is 2.35. The maximum absolute atomic E-state index is 12.3. The molecule has 1 aromatic heterocycles. The van der Waals surface area contributed by atoms with Crippen LogP contribution >= 0.6 is 31.9 Å². The first kappa shape index (κ1) is 22.2. The SMILES string of the molecule is NCCCOc1c(Br)cc(C/C(=N/O)C(=O)NCCc2cnc(N)[nH]2)cc1Br. The molecule has 0 atom stereocenters. The van der Waals surface area contributed by atoms with Crippen molar-refractivity contribution >= 4 is 49.4 Å². The van der Waals surface area contributed by atoms with E-state index in [1.807, 2.05) is 12.1 Å². The molecule has 0 radical (unpaired) electrons. The number of nitrogens with two attached hydrogens (primary N) is 2. The Morgan fingerprint density at radius 1 is 1.36 bits per heavy atom. The van der Waals surface area contributed by atoms with Crippen LogP contribution in [0.5, 0.6) is 5.75 Å². The van der Waals surface area contributed by atoms with E-state index >= 15 is 0 Å². The summed E-state index contributed by atoms with van der Waals surface area (Å²) in [4.78, 5) is 19.0. The molecule has 11 heteroatoms. The van der Waals surface area contributed by atoms with E-state index in [0.717, 1.165) is 26.6 Å². The molecule has 2 aromatic rings. The number of imidazole rings is 1. The van der Waals surface area contributed by atoms with E-state index in [9.17, 15) is 10.0 Å². The van der Waals surface area contributed by atoms with Gasteiger partial charge < -0.3 is 31.7 Å². The molecule has 152 valence electrons. The predicted octanol–water partition coefficient (Wildman–Crippen LogP) is 1.98. The van der Waals surface area contributed by atoms with Crippen LogP contribution in [0, 0.1) is 0 Å². The number of anilines is 1. The fourth-order valence-corrected chi connectivity index (χ4v) is 3.89. The Kier molecular flexibility index (Phi) is 8.74. The minimum Gasteiger partial charge on any atom is -0.491 e. The highest BCUT2D eigenvalue weighted by atomic mass is 79.9. The summed E-state index contributed by atoms with van der Waals surface area (Å²) in [5.41, 5.74) is 12.6. The van der Waals surface area contributed by atoms with Crippen LogP contribution in [-0.2, 0) is 17.6 Å². The molecule has 0 aliphatic carbocycles. The Bertz CT molecular complexity index is 817. The first-order valence-corrected chi connectivity index (χ1v) is 10.1.